The van der Waals surface area contributed by atoms with E-state index in [1.807, 2.05) is 6.92 Å². The smallest absolute Gasteiger partial charge is 0.427 e. The first-order valence-corrected chi connectivity index (χ1v) is 22.1. The summed E-state index contributed by atoms with van der Waals surface area (Å²) in [5.41, 5.74) is -0.107. The van der Waals surface area contributed by atoms with Crippen molar-refractivity contribution in [2.45, 2.75) is 117 Å². The largest absolute Gasteiger partial charge is 0.484 e. The van der Waals surface area contributed by atoms with Crippen molar-refractivity contribution in [1.29, 1.82) is 0 Å². The summed E-state index contributed by atoms with van der Waals surface area (Å²) in [6.45, 7) is 4.28. The lowest BCUT2D eigenvalue weighted by Gasteiger charge is -2.22. The minimum absolute atomic E-state index is 0. The standard InChI is InChI=1S/C39H52N2O14P2.H3N/c1-4-6-8-9-10-11-12-14-37(43)54-33-21-17-31(18-22-33)27-51-57(48,50-26-30-15-19-32(20-16-30)53-36(42)13-7-5-2)55-56(46,47)49-28-34-23-24-35(52-34)41-25-29(3)38(44)40-39(41)45;/h15-25,34-35H,4-14,26-28H2,1-3H3,(H,46,47)(H,40,44,45);1H3/t34-,35+,57?;/m0./s1. The number of carbonyl (C=O) groups excluding carboxylic acids is 2. The Balaban J connectivity index is 0.00000900. The van der Waals surface area contributed by atoms with E-state index in [1.54, 1.807) is 24.3 Å². The van der Waals surface area contributed by atoms with Gasteiger partial charge in [0, 0.05) is 24.6 Å². The third-order valence-corrected chi connectivity index (χ3v) is 11.6. The summed E-state index contributed by atoms with van der Waals surface area (Å²) >= 11 is 0. The minimum atomic E-state index is -5.16. The summed E-state index contributed by atoms with van der Waals surface area (Å²) in [6.07, 6.45) is 12.0. The molecule has 0 aliphatic carbocycles. The van der Waals surface area contributed by atoms with Crippen LogP contribution in [0.25, 0.3) is 0 Å². The van der Waals surface area contributed by atoms with Crippen molar-refractivity contribution in [3.05, 3.63) is 104 Å². The lowest BCUT2D eigenvalue weighted by Crippen LogP contribution is -2.33. The van der Waals surface area contributed by atoms with Gasteiger partial charge in [0.05, 0.1) is 19.8 Å². The Hall–Kier alpha value is -4.02. The maximum Gasteiger partial charge on any atom is 0.484 e. The molecule has 0 radical (unpaired) electrons. The van der Waals surface area contributed by atoms with Crippen molar-refractivity contribution in [2.75, 3.05) is 6.61 Å². The monoisotopic (exact) mass is 851 g/mol. The van der Waals surface area contributed by atoms with Gasteiger partial charge < -0.3 is 25.3 Å². The highest BCUT2D eigenvalue weighted by atomic mass is 31.3. The molecule has 0 saturated carbocycles. The number of phosphoric ester groups is 2. The third-order valence-electron chi connectivity index (χ3n) is 8.64. The van der Waals surface area contributed by atoms with E-state index in [0.29, 0.717) is 35.5 Å². The second-order valence-electron chi connectivity index (χ2n) is 13.5. The summed E-state index contributed by atoms with van der Waals surface area (Å²) in [4.78, 5) is 61.2. The predicted molar refractivity (Wildman–Crippen MR) is 214 cm³/mol. The highest BCUT2D eigenvalue weighted by Crippen LogP contribution is 2.64. The van der Waals surface area contributed by atoms with E-state index in [2.05, 4.69) is 11.9 Å². The number of aromatic nitrogens is 2. The Morgan fingerprint density at radius 1 is 0.759 bits per heavy atom. The molecular formula is C39H55N3O14P2. The van der Waals surface area contributed by atoms with Crippen LogP contribution in [0.1, 0.15) is 107 Å². The van der Waals surface area contributed by atoms with Crippen molar-refractivity contribution in [1.82, 2.24) is 15.7 Å². The molecule has 1 aliphatic rings. The normalized spacial score (nSPS) is 16.9. The number of benzene rings is 2. The Morgan fingerprint density at radius 3 is 1.83 bits per heavy atom. The molecule has 0 saturated heterocycles. The van der Waals surface area contributed by atoms with Gasteiger partial charge in [0.25, 0.3) is 5.56 Å². The van der Waals surface area contributed by atoms with Gasteiger partial charge >= 0.3 is 33.3 Å². The van der Waals surface area contributed by atoms with Gasteiger partial charge in [-0.05, 0) is 61.2 Å². The summed E-state index contributed by atoms with van der Waals surface area (Å²) in [7, 11) is -10.0. The molecule has 0 amide bonds. The zero-order chi connectivity index (χ0) is 41.3. The topological polar surface area (TPSA) is 243 Å². The maximum absolute atomic E-state index is 13.9. The van der Waals surface area contributed by atoms with Crippen LogP contribution >= 0.6 is 15.6 Å². The molecular weight excluding hydrogens is 796 g/mol. The van der Waals surface area contributed by atoms with Crippen LogP contribution in [0, 0.1) is 6.92 Å². The zero-order valence-corrected chi connectivity index (χ0v) is 35.0. The molecule has 0 fully saturated rings. The first-order chi connectivity index (χ1) is 27.3. The average Bonchev–Trinajstić information content (AvgIpc) is 3.66. The Morgan fingerprint density at radius 2 is 1.28 bits per heavy atom. The fourth-order valence-electron chi connectivity index (χ4n) is 5.45. The van der Waals surface area contributed by atoms with Gasteiger partial charge in [-0.1, -0.05) is 89.1 Å². The van der Waals surface area contributed by atoms with Gasteiger partial charge in [-0.2, -0.15) is 4.31 Å². The number of nitrogens with one attached hydrogen (secondary N) is 1. The summed E-state index contributed by atoms with van der Waals surface area (Å²) in [5.74, 6) is -0.132. The molecule has 4 atom stereocenters. The van der Waals surface area contributed by atoms with Crippen molar-refractivity contribution in [3.8, 4) is 11.5 Å². The number of H-pyrrole nitrogens is 1. The molecule has 0 spiro atoms. The van der Waals surface area contributed by atoms with E-state index in [-0.39, 0.29) is 30.1 Å². The SMILES string of the molecule is CCCCCCCCCC(=O)Oc1ccc(COP(=O)(OCc2ccc(OC(=O)CCCC)cc2)OP(=O)(O)OC[C@@H]2C=C[C@H](n3cc(C)c(=O)[nH]c3=O)O2)cc1.N. The zero-order valence-electron chi connectivity index (χ0n) is 33.2. The van der Waals surface area contributed by atoms with Gasteiger partial charge in [-0.3, -0.25) is 37.5 Å². The van der Waals surface area contributed by atoms with Crippen molar-refractivity contribution in [3.63, 3.8) is 0 Å². The van der Waals surface area contributed by atoms with Crippen LogP contribution in [0.5, 0.6) is 11.5 Å². The van der Waals surface area contributed by atoms with Crippen LogP contribution in [-0.2, 0) is 54.6 Å². The number of hydrogen-bond acceptors (Lipinski definition) is 14. The maximum atomic E-state index is 13.9. The molecule has 2 heterocycles. The number of hydrogen-bond donors (Lipinski definition) is 3. The fourth-order valence-corrected chi connectivity index (χ4v) is 8.05. The van der Waals surface area contributed by atoms with Crippen LogP contribution in [0.4, 0.5) is 0 Å². The number of unbranched alkanes of at least 4 members (excludes halogenated alkanes) is 7. The first-order valence-electron chi connectivity index (χ1n) is 19.1. The molecule has 19 heteroatoms. The molecule has 320 valence electrons. The number of aryl methyl sites for hydroxylation is 1. The van der Waals surface area contributed by atoms with Crippen molar-refractivity contribution >= 4 is 27.6 Å². The van der Waals surface area contributed by atoms with Gasteiger partial charge in [-0.25, -0.2) is 13.9 Å². The number of nitrogens with zero attached hydrogens (tertiary/aromatic N) is 1. The lowest BCUT2D eigenvalue weighted by atomic mass is 10.1. The van der Waals surface area contributed by atoms with Crippen LogP contribution in [0.2, 0.25) is 0 Å². The highest BCUT2D eigenvalue weighted by molar-refractivity contribution is 7.61. The quantitative estimate of drug-likeness (QED) is 0.0239. The molecule has 5 N–H and O–H groups in total. The molecule has 1 aromatic heterocycles. The van der Waals surface area contributed by atoms with Crippen molar-refractivity contribution < 1.29 is 55.7 Å². The lowest BCUT2D eigenvalue weighted by molar-refractivity contribution is -0.135. The summed E-state index contributed by atoms with van der Waals surface area (Å²) in [5, 5.41) is 0. The summed E-state index contributed by atoms with van der Waals surface area (Å²) < 4.78 is 65.7. The Bertz CT molecular complexity index is 2000. The number of ether oxygens (including phenoxy) is 3. The Kier molecular flexibility index (Phi) is 20.1. The second kappa shape index (κ2) is 24.2. The van der Waals surface area contributed by atoms with E-state index < -0.39 is 59.0 Å². The van der Waals surface area contributed by atoms with Crippen molar-refractivity contribution in [2.24, 2.45) is 0 Å². The number of phosphoric acid groups is 2. The van der Waals surface area contributed by atoms with Gasteiger partial charge in [0.2, 0.25) is 0 Å². The molecule has 58 heavy (non-hydrogen) atoms. The minimum Gasteiger partial charge on any atom is -0.427 e. The van der Waals surface area contributed by atoms with Crippen LogP contribution in [0.15, 0.2) is 76.5 Å². The molecule has 17 nitrogen and oxygen atoms in total. The number of carbonyl (C=O) groups is 2. The van der Waals surface area contributed by atoms with Crippen LogP contribution in [0.3, 0.4) is 0 Å². The Labute approximate surface area is 337 Å². The van der Waals surface area contributed by atoms with Crippen LogP contribution in [-0.4, -0.2) is 39.1 Å². The van der Waals surface area contributed by atoms with Gasteiger partial charge in [0.15, 0.2) is 6.23 Å². The van der Waals surface area contributed by atoms with Gasteiger partial charge in [-0.15, -0.1) is 0 Å². The average molecular weight is 852 g/mol. The van der Waals surface area contributed by atoms with E-state index >= 15 is 0 Å². The summed E-state index contributed by atoms with van der Waals surface area (Å²) in [6, 6.07) is 12.3. The van der Waals surface area contributed by atoms with Crippen LogP contribution < -0.4 is 26.9 Å². The number of rotatable bonds is 25. The first kappa shape index (κ1) is 48.3. The predicted octanol–water partition coefficient (Wildman–Crippen LogP) is 8.28. The molecule has 0 bridgehead atoms. The highest BCUT2D eigenvalue weighted by Gasteiger charge is 2.39. The number of aromatic amines is 1. The van der Waals surface area contributed by atoms with E-state index in [9.17, 15) is 33.2 Å². The van der Waals surface area contributed by atoms with E-state index in [4.69, 9.17) is 32.1 Å². The van der Waals surface area contributed by atoms with E-state index in [1.165, 1.54) is 68.8 Å². The molecule has 4 rings (SSSR count). The molecule has 2 aromatic carbocycles. The molecule has 2 unspecified atom stereocenters. The fraction of sp³-hybridized carbons (Fsp3) is 0.487. The van der Waals surface area contributed by atoms with E-state index in [0.717, 1.165) is 36.7 Å². The third kappa shape index (κ3) is 16.7. The second-order valence-corrected chi connectivity index (χ2v) is 16.7. The molecule has 1 aliphatic heterocycles. The number of esters is 2. The van der Waals surface area contributed by atoms with Gasteiger partial charge in [0.1, 0.15) is 17.6 Å². The molecule has 3 aromatic rings.